The Morgan fingerprint density at radius 3 is 2.83 bits per heavy atom. The number of thiocarbonyl (C=S) groups is 1. The van der Waals surface area contributed by atoms with E-state index in [1.807, 2.05) is 25.1 Å². The van der Waals surface area contributed by atoms with E-state index in [4.69, 9.17) is 12.2 Å². The Morgan fingerprint density at radius 2 is 2.04 bits per heavy atom. The first-order valence-electron chi connectivity index (χ1n) is 8.79. The number of hydrogen-bond donors (Lipinski definition) is 3. The Kier molecular flexibility index (Phi) is 5.51. The van der Waals surface area contributed by atoms with Gasteiger partial charge in [0.1, 0.15) is 0 Å². The highest BCUT2D eigenvalue weighted by Gasteiger charge is 2.13. The zero-order valence-electron chi connectivity index (χ0n) is 14.2. The molecular formula is C19H25N3OS. The number of aryl methyl sites for hydroxylation is 1. The molecule has 1 aromatic heterocycles. The van der Waals surface area contributed by atoms with Gasteiger partial charge in [0, 0.05) is 23.7 Å². The summed E-state index contributed by atoms with van der Waals surface area (Å²) in [6.07, 6.45) is 6.96. The molecule has 0 atom stereocenters. The van der Waals surface area contributed by atoms with Crippen LogP contribution in [0, 0.1) is 6.92 Å². The Balaban J connectivity index is 1.55. The van der Waals surface area contributed by atoms with Crippen LogP contribution in [0.4, 0.5) is 0 Å². The molecule has 128 valence electrons. The number of H-pyrrole nitrogens is 1. The van der Waals surface area contributed by atoms with Gasteiger partial charge in [-0.25, -0.2) is 0 Å². The van der Waals surface area contributed by atoms with Crippen molar-refractivity contribution in [3.8, 4) is 0 Å². The fourth-order valence-electron chi connectivity index (χ4n) is 3.34. The maximum Gasteiger partial charge on any atom is 0.251 e. The van der Waals surface area contributed by atoms with E-state index in [0.717, 1.165) is 22.0 Å². The van der Waals surface area contributed by atoms with Gasteiger partial charge < -0.3 is 15.6 Å². The van der Waals surface area contributed by atoms with Crippen LogP contribution in [-0.2, 0) is 6.42 Å². The third kappa shape index (κ3) is 4.35. The van der Waals surface area contributed by atoms with Crippen molar-refractivity contribution < 1.29 is 0 Å². The average Bonchev–Trinajstić information content (AvgIpc) is 2.56. The fourth-order valence-corrected chi connectivity index (χ4v) is 3.61. The van der Waals surface area contributed by atoms with Crippen LogP contribution in [0.2, 0.25) is 0 Å². The molecule has 5 heteroatoms. The van der Waals surface area contributed by atoms with Crippen molar-refractivity contribution in [2.24, 2.45) is 0 Å². The van der Waals surface area contributed by atoms with Gasteiger partial charge in [0.15, 0.2) is 5.11 Å². The standard InChI is InChI=1S/C19H25N3OS/c1-13-7-8-14-12-15(18(23)22-17(14)11-13)9-10-20-19(24)21-16-5-3-2-4-6-16/h7-8,11-12,16H,2-6,9-10H2,1H3,(H,22,23)(H2,20,21,24). The predicted molar refractivity (Wildman–Crippen MR) is 104 cm³/mol. The maximum absolute atomic E-state index is 12.2. The minimum absolute atomic E-state index is 0.0129. The molecule has 0 saturated heterocycles. The lowest BCUT2D eigenvalue weighted by molar-refractivity contribution is 0.412. The van der Waals surface area contributed by atoms with E-state index in [-0.39, 0.29) is 5.56 Å². The van der Waals surface area contributed by atoms with Gasteiger partial charge in [-0.05, 0) is 61.5 Å². The minimum Gasteiger partial charge on any atom is -0.362 e. The second-order valence-electron chi connectivity index (χ2n) is 6.70. The lowest BCUT2D eigenvalue weighted by Gasteiger charge is -2.24. The second kappa shape index (κ2) is 7.79. The maximum atomic E-state index is 12.2. The van der Waals surface area contributed by atoms with E-state index in [9.17, 15) is 4.79 Å². The Hall–Kier alpha value is -1.88. The summed E-state index contributed by atoms with van der Waals surface area (Å²) in [7, 11) is 0. The number of nitrogens with one attached hydrogen (secondary N) is 3. The highest BCUT2D eigenvalue weighted by molar-refractivity contribution is 7.80. The molecule has 0 amide bonds. The number of hydrogen-bond acceptors (Lipinski definition) is 2. The smallest absolute Gasteiger partial charge is 0.251 e. The van der Waals surface area contributed by atoms with Crippen LogP contribution < -0.4 is 16.2 Å². The number of pyridine rings is 1. The van der Waals surface area contributed by atoms with Gasteiger partial charge in [-0.2, -0.15) is 0 Å². The Labute approximate surface area is 148 Å². The molecule has 1 aliphatic carbocycles. The molecule has 1 aromatic carbocycles. The molecule has 0 bridgehead atoms. The summed E-state index contributed by atoms with van der Waals surface area (Å²) < 4.78 is 0. The lowest BCUT2D eigenvalue weighted by atomic mass is 9.96. The number of aromatic amines is 1. The molecule has 1 fully saturated rings. The molecule has 1 saturated carbocycles. The third-order valence-electron chi connectivity index (χ3n) is 4.70. The van der Waals surface area contributed by atoms with Gasteiger partial charge in [-0.3, -0.25) is 4.79 Å². The van der Waals surface area contributed by atoms with Crippen LogP contribution in [0.5, 0.6) is 0 Å². The van der Waals surface area contributed by atoms with Crippen molar-refractivity contribution in [3.63, 3.8) is 0 Å². The third-order valence-corrected chi connectivity index (χ3v) is 4.96. The van der Waals surface area contributed by atoms with Crippen LogP contribution in [0.3, 0.4) is 0 Å². The van der Waals surface area contributed by atoms with Gasteiger partial charge in [-0.1, -0.05) is 31.4 Å². The molecule has 0 unspecified atom stereocenters. The predicted octanol–water partition coefficient (Wildman–Crippen LogP) is 3.18. The summed E-state index contributed by atoms with van der Waals surface area (Å²) in [5, 5.41) is 8.39. The first kappa shape index (κ1) is 17.0. The van der Waals surface area contributed by atoms with E-state index < -0.39 is 0 Å². The van der Waals surface area contributed by atoms with Crippen molar-refractivity contribution in [2.45, 2.75) is 51.5 Å². The van der Waals surface area contributed by atoms with E-state index in [1.54, 1.807) is 0 Å². The fraction of sp³-hybridized carbons (Fsp3) is 0.474. The molecule has 0 spiro atoms. The monoisotopic (exact) mass is 343 g/mol. The number of rotatable bonds is 4. The first-order chi connectivity index (χ1) is 11.6. The van der Waals surface area contributed by atoms with Crippen LogP contribution in [0.25, 0.3) is 10.9 Å². The molecule has 3 N–H and O–H groups in total. The van der Waals surface area contributed by atoms with Gasteiger partial charge in [0.05, 0.1) is 0 Å². The quantitative estimate of drug-likeness (QED) is 0.747. The van der Waals surface area contributed by atoms with E-state index >= 15 is 0 Å². The molecule has 0 radical (unpaired) electrons. The zero-order chi connectivity index (χ0) is 16.9. The van der Waals surface area contributed by atoms with Crippen molar-refractivity contribution in [1.29, 1.82) is 0 Å². The van der Waals surface area contributed by atoms with Crippen LogP contribution in [0.1, 0.15) is 43.2 Å². The molecule has 0 aliphatic heterocycles. The van der Waals surface area contributed by atoms with E-state index in [2.05, 4.69) is 21.7 Å². The summed E-state index contributed by atoms with van der Waals surface area (Å²) in [6, 6.07) is 8.60. The van der Waals surface area contributed by atoms with Gasteiger partial charge in [0.2, 0.25) is 0 Å². The summed E-state index contributed by atoms with van der Waals surface area (Å²) in [6.45, 7) is 2.69. The van der Waals surface area contributed by atoms with Gasteiger partial charge >= 0.3 is 0 Å². The van der Waals surface area contributed by atoms with Gasteiger partial charge in [-0.15, -0.1) is 0 Å². The minimum atomic E-state index is -0.0129. The topological polar surface area (TPSA) is 56.9 Å². The highest BCUT2D eigenvalue weighted by atomic mass is 32.1. The van der Waals surface area contributed by atoms with Crippen molar-refractivity contribution in [2.75, 3.05) is 6.54 Å². The molecule has 2 aromatic rings. The normalized spacial score (nSPS) is 15.4. The summed E-state index contributed by atoms with van der Waals surface area (Å²) in [5.41, 5.74) is 2.82. The number of fused-ring (bicyclic) bond motifs is 1. The SMILES string of the molecule is Cc1ccc2cc(CCNC(=S)NC3CCCCC3)c(=O)[nH]c2c1. The van der Waals surface area contributed by atoms with Gasteiger partial charge in [0.25, 0.3) is 5.56 Å². The van der Waals surface area contributed by atoms with Crippen molar-refractivity contribution in [3.05, 3.63) is 45.7 Å². The van der Waals surface area contributed by atoms with Crippen LogP contribution in [0.15, 0.2) is 29.1 Å². The molecule has 1 aliphatic rings. The summed E-state index contributed by atoms with van der Waals surface area (Å²) in [5.74, 6) is 0. The number of aromatic nitrogens is 1. The highest BCUT2D eigenvalue weighted by Crippen LogP contribution is 2.17. The second-order valence-corrected chi connectivity index (χ2v) is 7.11. The molecular weight excluding hydrogens is 318 g/mol. The molecule has 1 heterocycles. The largest absolute Gasteiger partial charge is 0.362 e. The van der Waals surface area contributed by atoms with Crippen molar-refractivity contribution >= 4 is 28.2 Å². The Morgan fingerprint density at radius 1 is 1.25 bits per heavy atom. The van der Waals surface area contributed by atoms with Crippen LogP contribution >= 0.6 is 12.2 Å². The average molecular weight is 343 g/mol. The molecule has 24 heavy (non-hydrogen) atoms. The van der Waals surface area contributed by atoms with E-state index in [1.165, 1.54) is 32.1 Å². The Bertz CT molecular complexity index is 778. The summed E-state index contributed by atoms with van der Waals surface area (Å²) >= 11 is 5.37. The molecule has 4 nitrogen and oxygen atoms in total. The number of benzene rings is 1. The zero-order valence-corrected chi connectivity index (χ0v) is 15.0. The molecule has 3 rings (SSSR count). The van der Waals surface area contributed by atoms with E-state index in [0.29, 0.717) is 24.1 Å². The van der Waals surface area contributed by atoms with Crippen molar-refractivity contribution in [1.82, 2.24) is 15.6 Å². The summed E-state index contributed by atoms with van der Waals surface area (Å²) in [4.78, 5) is 15.2. The lowest BCUT2D eigenvalue weighted by Crippen LogP contribution is -2.43. The first-order valence-corrected chi connectivity index (χ1v) is 9.19. The van der Waals surface area contributed by atoms with Crippen LogP contribution in [-0.4, -0.2) is 22.7 Å².